The summed E-state index contributed by atoms with van der Waals surface area (Å²) >= 11 is 4.73. The van der Waals surface area contributed by atoms with Crippen molar-refractivity contribution in [3.8, 4) is 6.07 Å². The molecule has 0 radical (unpaired) electrons. The van der Waals surface area contributed by atoms with E-state index in [4.69, 9.17) is 17.9 Å². The Labute approximate surface area is 233 Å². The lowest BCUT2D eigenvalue weighted by Crippen LogP contribution is -2.55. The van der Waals surface area contributed by atoms with Gasteiger partial charge in [0.15, 0.2) is 11.2 Å². The van der Waals surface area contributed by atoms with Crippen molar-refractivity contribution in [2.45, 2.75) is 62.3 Å². The third-order valence-electron chi connectivity index (χ3n) is 8.40. The van der Waals surface area contributed by atoms with Crippen LogP contribution in [0.4, 0.5) is 24.5 Å². The average Bonchev–Trinajstić information content (AvgIpc) is 3.43. The van der Waals surface area contributed by atoms with E-state index in [0.717, 1.165) is 42.4 Å². The summed E-state index contributed by atoms with van der Waals surface area (Å²) in [5, 5.41) is 14.6. The molecule has 1 atom stereocenters. The maximum absolute atomic E-state index is 13.8. The van der Waals surface area contributed by atoms with Crippen LogP contribution in [-0.4, -0.2) is 55.6 Å². The van der Waals surface area contributed by atoms with Gasteiger partial charge in [0.1, 0.15) is 11.6 Å². The van der Waals surface area contributed by atoms with E-state index in [-0.39, 0.29) is 23.5 Å². The predicted molar refractivity (Wildman–Crippen MR) is 144 cm³/mol. The van der Waals surface area contributed by atoms with Crippen molar-refractivity contribution >= 4 is 46.7 Å². The molecule has 1 spiro atoms. The molecule has 1 aliphatic carbocycles. The number of anilines is 2. The van der Waals surface area contributed by atoms with Crippen LogP contribution in [0.5, 0.6) is 0 Å². The van der Waals surface area contributed by atoms with E-state index in [1.54, 1.807) is 13.1 Å². The number of thiol groups is 1. The number of halogens is 3. The zero-order valence-corrected chi connectivity index (χ0v) is 22.5. The molecule has 9 nitrogen and oxygen atoms in total. The first-order valence-corrected chi connectivity index (χ1v) is 13.6. The van der Waals surface area contributed by atoms with Gasteiger partial charge in [-0.05, 0) is 56.4 Å². The van der Waals surface area contributed by atoms with Crippen molar-refractivity contribution in [2.24, 2.45) is 0 Å². The Morgan fingerprint density at radius 3 is 2.48 bits per heavy atom. The van der Waals surface area contributed by atoms with Gasteiger partial charge in [0.2, 0.25) is 5.91 Å². The molecule has 0 bridgehead atoms. The van der Waals surface area contributed by atoms with E-state index in [0.29, 0.717) is 31.6 Å². The SMILES string of the molecule is CC(=O)N1CCC(n2ncc3cc(N4C(S)N(c5cnc(C#N)c(C(F)(F)F)c5)C(=O)C45CCC5)ccc32)CC1. The first-order valence-electron chi connectivity index (χ1n) is 13.1. The molecule has 0 N–H and O–H groups in total. The molecule has 6 rings (SSSR count). The maximum atomic E-state index is 13.8. The predicted octanol–water partition coefficient (Wildman–Crippen LogP) is 4.49. The Hall–Kier alpha value is -3.79. The summed E-state index contributed by atoms with van der Waals surface area (Å²) in [5.41, 5.74) is -2.17. The first kappa shape index (κ1) is 26.4. The van der Waals surface area contributed by atoms with Crippen LogP contribution < -0.4 is 9.80 Å². The summed E-state index contributed by atoms with van der Waals surface area (Å²) in [5.74, 6) is -0.272. The van der Waals surface area contributed by atoms with Crippen molar-refractivity contribution in [1.29, 1.82) is 5.26 Å². The van der Waals surface area contributed by atoms with Gasteiger partial charge in [-0.3, -0.25) is 19.2 Å². The Kier molecular flexibility index (Phi) is 6.21. The number of carbonyl (C=O) groups excluding carboxylic acids is 2. The molecule has 2 amide bonds. The number of piperidine rings is 1. The molecule has 208 valence electrons. The van der Waals surface area contributed by atoms with Gasteiger partial charge in [-0.15, -0.1) is 12.6 Å². The summed E-state index contributed by atoms with van der Waals surface area (Å²) in [4.78, 5) is 34.1. The van der Waals surface area contributed by atoms with E-state index in [9.17, 15) is 22.8 Å². The van der Waals surface area contributed by atoms with Gasteiger partial charge in [-0.1, -0.05) is 0 Å². The molecule has 1 saturated carbocycles. The summed E-state index contributed by atoms with van der Waals surface area (Å²) in [6.07, 6.45) is 1.58. The van der Waals surface area contributed by atoms with Crippen LogP contribution in [0.15, 0.2) is 36.7 Å². The van der Waals surface area contributed by atoms with E-state index < -0.39 is 28.5 Å². The lowest BCUT2D eigenvalue weighted by molar-refractivity contribution is -0.138. The van der Waals surface area contributed by atoms with Crippen LogP contribution in [0.25, 0.3) is 10.9 Å². The van der Waals surface area contributed by atoms with Crippen molar-refractivity contribution in [1.82, 2.24) is 19.7 Å². The summed E-state index contributed by atoms with van der Waals surface area (Å²) in [6.45, 7) is 2.93. The number of carbonyl (C=O) groups is 2. The van der Waals surface area contributed by atoms with Gasteiger partial charge in [0.25, 0.3) is 5.91 Å². The molecule has 40 heavy (non-hydrogen) atoms. The van der Waals surface area contributed by atoms with E-state index in [2.05, 4.69) is 10.1 Å². The third kappa shape index (κ3) is 3.99. The zero-order chi connectivity index (χ0) is 28.4. The van der Waals surface area contributed by atoms with E-state index in [1.165, 1.54) is 11.0 Å². The van der Waals surface area contributed by atoms with Gasteiger partial charge in [-0.2, -0.15) is 23.5 Å². The van der Waals surface area contributed by atoms with Crippen LogP contribution >= 0.6 is 12.6 Å². The van der Waals surface area contributed by atoms with Gasteiger partial charge in [0, 0.05) is 31.1 Å². The molecule has 2 aliphatic heterocycles. The molecular weight excluding hydrogens is 543 g/mol. The monoisotopic (exact) mass is 569 g/mol. The van der Waals surface area contributed by atoms with E-state index >= 15 is 0 Å². The Bertz CT molecular complexity index is 1550. The minimum atomic E-state index is -4.80. The number of nitrogens with zero attached hydrogens (tertiary/aromatic N) is 7. The van der Waals surface area contributed by atoms with Gasteiger partial charge in [0.05, 0.1) is 35.2 Å². The fraction of sp³-hybridized carbons (Fsp3) is 0.444. The summed E-state index contributed by atoms with van der Waals surface area (Å²) in [6, 6.07) is 8.20. The number of nitriles is 1. The van der Waals surface area contributed by atoms with Gasteiger partial charge in [-0.25, -0.2) is 4.98 Å². The highest BCUT2D eigenvalue weighted by molar-refractivity contribution is 7.81. The van der Waals surface area contributed by atoms with Crippen LogP contribution in [0, 0.1) is 11.3 Å². The number of rotatable bonds is 3. The lowest BCUT2D eigenvalue weighted by Gasteiger charge is -2.44. The Morgan fingerprint density at radius 1 is 1.15 bits per heavy atom. The maximum Gasteiger partial charge on any atom is 0.419 e. The van der Waals surface area contributed by atoms with Crippen LogP contribution in [0.2, 0.25) is 0 Å². The third-order valence-corrected chi connectivity index (χ3v) is 8.86. The fourth-order valence-corrected chi connectivity index (χ4v) is 6.76. The minimum absolute atomic E-state index is 0.0594. The highest BCUT2D eigenvalue weighted by Gasteiger charge is 2.60. The minimum Gasteiger partial charge on any atom is -0.343 e. The number of hydrogen-bond acceptors (Lipinski definition) is 7. The van der Waals surface area contributed by atoms with E-state index in [1.807, 2.05) is 32.7 Å². The summed E-state index contributed by atoms with van der Waals surface area (Å²) < 4.78 is 43.0. The summed E-state index contributed by atoms with van der Waals surface area (Å²) in [7, 11) is 0. The second kappa shape index (κ2) is 9.40. The van der Waals surface area contributed by atoms with Gasteiger partial charge >= 0.3 is 6.18 Å². The Morgan fingerprint density at radius 2 is 1.88 bits per heavy atom. The van der Waals surface area contributed by atoms with Crippen molar-refractivity contribution < 1.29 is 22.8 Å². The molecule has 13 heteroatoms. The van der Waals surface area contributed by atoms with Crippen LogP contribution in [0.1, 0.15) is 56.3 Å². The number of pyridine rings is 1. The van der Waals surface area contributed by atoms with Crippen molar-refractivity contribution in [3.05, 3.63) is 47.9 Å². The number of fused-ring (bicyclic) bond motifs is 1. The van der Waals surface area contributed by atoms with Crippen LogP contribution in [0.3, 0.4) is 0 Å². The second-order valence-electron chi connectivity index (χ2n) is 10.5. The number of alkyl halides is 3. The lowest BCUT2D eigenvalue weighted by atomic mass is 9.75. The average molecular weight is 570 g/mol. The molecule has 3 aromatic rings. The number of aromatic nitrogens is 3. The molecular formula is C27H26F3N7O2S. The quantitative estimate of drug-likeness (QED) is 0.467. The number of amides is 2. The number of benzene rings is 1. The highest BCUT2D eigenvalue weighted by atomic mass is 32.1. The molecule has 3 fully saturated rings. The topological polar surface area (TPSA) is 98.4 Å². The van der Waals surface area contributed by atoms with Gasteiger partial charge < -0.3 is 9.80 Å². The Balaban J connectivity index is 1.34. The molecule has 1 unspecified atom stereocenters. The standard InChI is InChI=1S/C27H26F3N7O2S/c1-16(38)34-9-5-18(6-10-34)37-23-4-3-19(11-17(23)14-33-37)36-25(40)35(24(39)26(36)7-2-8-26)20-12-21(27(28,29)30)22(13-31)32-15-20/h3-4,11-12,14-15,18,25,40H,2,5-10H2,1H3. The highest BCUT2D eigenvalue weighted by Crippen LogP contribution is 2.51. The van der Waals surface area contributed by atoms with Crippen LogP contribution in [-0.2, 0) is 15.8 Å². The fourth-order valence-electron chi connectivity index (χ4n) is 6.16. The largest absolute Gasteiger partial charge is 0.419 e. The smallest absolute Gasteiger partial charge is 0.343 e. The molecule has 1 aromatic carbocycles. The normalized spacial score (nSPS) is 21.2. The number of likely N-dealkylation sites (tertiary alicyclic amines) is 1. The number of hydrogen-bond donors (Lipinski definition) is 1. The molecule has 2 aromatic heterocycles. The van der Waals surface area contributed by atoms with Crippen molar-refractivity contribution in [2.75, 3.05) is 22.9 Å². The zero-order valence-electron chi connectivity index (χ0n) is 21.6. The molecule has 2 saturated heterocycles. The molecule has 4 heterocycles. The second-order valence-corrected chi connectivity index (χ2v) is 11.0. The first-order chi connectivity index (χ1) is 19.0. The molecule has 3 aliphatic rings. The van der Waals surface area contributed by atoms with Crippen molar-refractivity contribution in [3.63, 3.8) is 0 Å².